The van der Waals surface area contributed by atoms with E-state index in [0.717, 1.165) is 29.2 Å². The largest absolute Gasteiger partial charge is 2.00 e. The number of hydrogen-bond acceptors (Lipinski definition) is 3. The van der Waals surface area contributed by atoms with Crippen LogP contribution < -0.4 is 20.2 Å². The van der Waals surface area contributed by atoms with E-state index in [4.69, 9.17) is 4.98 Å². The van der Waals surface area contributed by atoms with Crippen LogP contribution in [0.25, 0.3) is 38.8 Å². The fourth-order valence-electron chi connectivity index (χ4n) is 8.09. The zero-order valence-electron chi connectivity index (χ0n) is 32.0. The van der Waals surface area contributed by atoms with Gasteiger partial charge in [-0.2, -0.15) is 46.8 Å². The van der Waals surface area contributed by atoms with E-state index in [-0.39, 0.29) is 21.1 Å². The molecule has 8 rings (SSSR count). The first-order valence-corrected chi connectivity index (χ1v) is 21.8. The number of pyridine rings is 1. The second-order valence-corrected chi connectivity index (χ2v) is 20.0. The van der Waals surface area contributed by atoms with Gasteiger partial charge in [-0.25, -0.2) is 4.98 Å². The first-order valence-electron chi connectivity index (χ1n) is 18.8. The molecule has 3 heterocycles. The van der Waals surface area contributed by atoms with Crippen molar-refractivity contribution in [3.8, 4) is 16.9 Å². The van der Waals surface area contributed by atoms with E-state index in [1.807, 2.05) is 6.20 Å². The van der Waals surface area contributed by atoms with Crippen molar-refractivity contribution in [1.82, 2.24) is 9.55 Å². The Balaban J connectivity index is 0.00000435. The first kappa shape index (κ1) is 36.9. The second kappa shape index (κ2) is 14.4. The van der Waals surface area contributed by atoms with E-state index < -0.39 is 8.07 Å². The van der Waals surface area contributed by atoms with Crippen LogP contribution in [0.3, 0.4) is 0 Å². The Kier molecular flexibility index (Phi) is 10.0. The molecule has 0 saturated carbocycles. The van der Waals surface area contributed by atoms with Crippen molar-refractivity contribution in [2.75, 3.05) is 16.5 Å². The number of nitrogens with zero attached hydrogens (tertiary/aromatic N) is 4. The van der Waals surface area contributed by atoms with Gasteiger partial charge in [-0.05, 0) is 83.7 Å². The zero-order valence-corrected chi connectivity index (χ0v) is 35.3. The van der Waals surface area contributed by atoms with E-state index >= 15 is 0 Å². The summed E-state index contributed by atoms with van der Waals surface area (Å²) in [5.41, 5.74) is 11.2. The fraction of sp³-hybridized carbons (Fsp3) is 0.255. The molecule has 0 fully saturated rings. The van der Waals surface area contributed by atoms with Crippen LogP contribution in [0.4, 0.5) is 17.1 Å². The molecule has 7 aromatic rings. The SMILES string of the molecule is CC(C)c1cccc(C(C)C)c1-c1ccnc(-n2c3[c-]c([Si](C)(C)c4[c-]c(N5CN(C(C)C)c6ccccc65)ccc4)ccc3c3ccccc32)c1.[Pt+2]. The van der Waals surface area contributed by atoms with Crippen molar-refractivity contribution < 1.29 is 21.1 Å². The Hall–Kier alpha value is -4.44. The summed E-state index contributed by atoms with van der Waals surface area (Å²) in [7, 11) is -2.25. The van der Waals surface area contributed by atoms with E-state index in [1.165, 1.54) is 54.8 Å². The van der Waals surface area contributed by atoms with Crippen LogP contribution in [0.2, 0.25) is 13.1 Å². The molecule has 5 aromatic carbocycles. The van der Waals surface area contributed by atoms with Gasteiger partial charge in [0.2, 0.25) is 0 Å². The van der Waals surface area contributed by atoms with Gasteiger partial charge in [0.1, 0.15) is 5.82 Å². The van der Waals surface area contributed by atoms with Gasteiger partial charge >= 0.3 is 21.1 Å². The van der Waals surface area contributed by atoms with Crippen LogP contribution in [0.15, 0.2) is 115 Å². The molecule has 1 aliphatic heterocycles. The van der Waals surface area contributed by atoms with Gasteiger partial charge in [-0.15, -0.1) is 11.5 Å². The van der Waals surface area contributed by atoms with E-state index in [9.17, 15) is 0 Å². The summed E-state index contributed by atoms with van der Waals surface area (Å²) in [6, 6.07) is 48.3. The maximum absolute atomic E-state index is 5.04. The van der Waals surface area contributed by atoms with Crippen molar-refractivity contribution in [2.24, 2.45) is 0 Å². The van der Waals surface area contributed by atoms with E-state index in [2.05, 4.69) is 190 Å². The number of rotatable bonds is 8. The van der Waals surface area contributed by atoms with Crippen molar-refractivity contribution in [3.63, 3.8) is 0 Å². The Labute approximate surface area is 330 Å². The molecule has 0 atom stereocenters. The molecule has 4 nitrogen and oxygen atoms in total. The number of hydrogen-bond donors (Lipinski definition) is 0. The molecule has 0 radical (unpaired) electrons. The fourth-order valence-corrected chi connectivity index (χ4v) is 10.3. The summed E-state index contributed by atoms with van der Waals surface area (Å²) in [6.07, 6.45) is 1.98. The molecular formula is C47H48N4PtSi. The van der Waals surface area contributed by atoms with E-state index in [1.54, 1.807) is 0 Å². The molecule has 270 valence electrons. The van der Waals surface area contributed by atoms with Gasteiger partial charge in [0.05, 0.1) is 26.1 Å². The summed E-state index contributed by atoms with van der Waals surface area (Å²) >= 11 is 0. The van der Waals surface area contributed by atoms with Gasteiger partial charge in [0.25, 0.3) is 0 Å². The van der Waals surface area contributed by atoms with Crippen LogP contribution in [0, 0.1) is 12.1 Å². The van der Waals surface area contributed by atoms with Gasteiger partial charge < -0.3 is 14.4 Å². The van der Waals surface area contributed by atoms with Crippen LogP contribution in [-0.2, 0) is 21.1 Å². The minimum Gasteiger partial charge on any atom is -0.349 e. The zero-order chi connectivity index (χ0) is 36.3. The third-order valence-electron chi connectivity index (χ3n) is 11.0. The Morgan fingerprint density at radius 3 is 2.04 bits per heavy atom. The number of para-hydroxylation sites is 3. The van der Waals surface area contributed by atoms with Gasteiger partial charge in [-0.3, -0.25) is 0 Å². The maximum Gasteiger partial charge on any atom is 2.00 e. The maximum atomic E-state index is 5.04. The number of aromatic nitrogens is 2. The molecule has 0 amide bonds. The predicted molar refractivity (Wildman–Crippen MR) is 224 cm³/mol. The molecule has 0 N–H and O–H groups in total. The van der Waals surface area contributed by atoms with Crippen molar-refractivity contribution in [3.05, 3.63) is 139 Å². The average Bonchev–Trinajstić information content (AvgIpc) is 3.71. The molecule has 0 bridgehead atoms. The van der Waals surface area contributed by atoms with Crippen molar-refractivity contribution in [2.45, 2.75) is 72.5 Å². The molecular weight excluding hydrogens is 844 g/mol. The molecule has 0 aliphatic carbocycles. The van der Waals surface area contributed by atoms with E-state index in [0.29, 0.717) is 17.9 Å². The van der Waals surface area contributed by atoms with Gasteiger partial charge in [0.15, 0.2) is 0 Å². The number of fused-ring (bicyclic) bond motifs is 4. The Morgan fingerprint density at radius 2 is 1.32 bits per heavy atom. The van der Waals surface area contributed by atoms with Crippen molar-refractivity contribution >= 4 is 57.3 Å². The monoisotopic (exact) mass is 891 g/mol. The molecule has 53 heavy (non-hydrogen) atoms. The summed E-state index contributed by atoms with van der Waals surface area (Å²) in [6.45, 7) is 19.4. The van der Waals surface area contributed by atoms with Crippen LogP contribution >= 0.6 is 0 Å². The third-order valence-corrected chi connectivity index (χ3v) is 14.3. The average molecular weight is 892 g/mol. The smallest absolute Gasteiger partial charge is 0.349 e. The van der Waals surface area contributed by atoms with Crippen LogP contribution in [0.5, 0.6) is 0 Å². The molecule has 0 spiro atoms. The van der Waals surface area contributed by atoms with Crippen LogP contribution in [0.1, 0.15) is 64.5 Å². The third kappa shape index (κ3) is 6.36. The molecule has 6 heteroatoms. The Morgan fingerprint density at radius 1 is 0.660 bits per heavy atom. The molecule has 0 unspecified atom stereocenters. The van der Waals surface area contributed by atoms with Gasteiger partial charge in [-0.1, -0.05) is 101 Å². The second-order valence-electron chi connectivity index (χ2n) is 15.7. The normalized spacial score (nSPS) is 13.1. The predicted octanol–water partition coefficient (Wildman–Crippen LogP) is 10.8. The minimum absolute atomic E-state index is 0. The quantitative estimate of drug-likeness (QED) is 0.112. The van der Waals surface area contributed by atoms with Crippen molar-refractivity contribution in [1.29, 1.82) is 0 Å². The van der Waals surface area contributed by atoms with Crippen LogP contribution in [-0.4, -0.2) is 30.3 Å². The standard InChI is InChI=1S/C47H48N4Si.Pt/c1-31(2)38-18-14-19-39(32(3)4)47(38)34-25-26-48-46(27-34)51-42-20-10-9-17-40(42)41-24-23-37(29-45(41)51)52(7,8)36-16-13-15-35(28-36)50-30-49(33(5)6)43-21-11-12-22-44(43)50;/h9-27,31-33H,30H2,1-8H3;/q-2;+2. The summed E-state index contributed by atoms with van der Waals surface area (Å²) < 4.78 is 2.33. The number of benzene rings is 5. The molecule has 1 aliphatic rings. The van der Waals surface area contributed by atoms with Gasteiger partial charge in [0, 0.05) is 17.8 Å². The summed E-state index contributed by atoms with van der Waals surface area (Å²) in [5.74, 6) is 1.73. The topological polar surface area (TPSA) is 24.3 Å². The first-order chi connectivity index (χ1) is 25.0. The minimum atomic E-state index is -2.25. The molecule has 0 saturated heterocycles. The Bertz CT molecular complexity index is 2420. The number of anilines is 3. The summed E-state index contributed by atoms with van der Waals surface area (Å²) in [5, 5.41) is 4.94. The molecule has 2 aromatic heterocycles. The summed E-state index contributed by atoms with van der Waals surface area (Å²) in [4.78, 5) is 9.91.